The zero-order valence-electron chi connectivity index (χ0n) is 10.9. The molecule has 102 valence electrons. The van der Waals surface area contributed by atoms with Gasteiger partial charge in [0.25, 0.3) is 5.69 Å². The van der Waals surface area contributed by atoms with Crippen LogP contribution in [0.15, 0.2) is 29.4 Å². The zero-order chi connectivity index (χ0) is 13.5. The lowest BCUT2D eigenvalue weighted by Crippen LogP contribution is -2.04. The number of benzene rings is 1. The molecule has 0 spiro atoms. The predicted molar refractivity (Wildman–Crippen MR) is 73.5 cm³/mol. The number of rotatable bonds is 3. The Labute approximate surface area is 112 Å². The standard InChI is InChI=1S/C14H18N2O3/c17-16(18)13-8-10-14(11-9-13)19-15-12-6-4-2-1-3-5-7-12/h8-11H,1-7H2. The van der Waals surface area contributed by atoms with Crippen molar-refractivity contribution in [1.82, 2.24) is 0 Å². The number of non-ortho nitro benzene ring substituents is 1. The molecule has 0 heterocycles. The van der Waals surface area contributed by atoms with Crippen molar-refractivity contribution >= 4 is 11.4 Å². The molecule has 0 aromatic heterocycles. The molecule has 19 heavy (non-hydrogen) atoms. The summed E-state index contributed by atoms with van der Waals surface area (Å²) in [5.41, 5.74) is 1.16. The van der Waals surface area contributed by atoms with Crippen molar-refractivity contribution in [1.29, 1.82) is 0 Å². The van der Waals surface area contributed by atoms with Gasteiger partial charge in [-0.05, 0) is 37.8 Å². The number of nitro groups is 1. The Morgan fingerprint density at radius 2 is 1.58 bits per heavy atom. The van der Waals surface area contributed by atoms with Gasteiger partial charge in [-0.25, -0.2) is 0 Å². The highest BCUT2D eigenvalue weighted by Crippen LogP contribution is 2.19. The molecule has 0 saturated heterocycles. The summed E-state index contributed by atoms with van der Waals surface area (Å²) in [6, 6.07) is 6.00. The summed E-state index contributed by atoms with van der Waals surface area (Å²) in [7, 11) is 0. The van der Waals surface area contributed by atoms with Gasteiger partial charge >= 0.3 is 0 Å². The molecule has 0 atom stereocenters. The average molecular weight is 262 g/mol. The van der Waals surface area contributed by atoms with Crippen LogP contribution in [0, 0.1) is 10.1 Å². The molecule has 0 aliphatic heterocycles. The Morgan fingerprint density at radius 3 is 2.16 bits per heavy atom. The zero-order valence-corrected chi connectivity index (χ0v) is 10.9. The molecular formula is C14H18N2O3. The normalized spacial score (nSPS) is 16.3. The Bertz CT molecular complexity index is 444. The number of oxime groups is 1. The highest BCUT2D eigenvalue weighted by atomic mass is 16.6. The first-order valence-electron chi connectivity index (χ1n) is 6.73. The summed E-state index contributed by atoms with van der Waals surface area (Å²) in [6.45, 7) is 0. The third-order valence-corrected chi connectivity index (χ3v) is 3.26. The molecule has 2 rings (SSSR count). The van der Waals surface area contributed by atoms with Crippen LogP contribution in [-0.2, 0) is 0 Å². The highest BCUT2D eigenvalue weighted by Gasteiger charge is 2.07. The molecule has 0 bridgehead atoms. The maximum atomic E-state index is 10.5. The van der Waals surface area contributed by atoms with Gasteiger partial charge in [-0.3, -0.25) is 10.1 Å². The summed E-state index contributed by atoms with van der Waals surface area (Å²) in [6.07, 6.45) is 8.16. The predicted octanol–water partition coefficient (Wildman–Crippen LogP) is 4.07. The van der Waals surface area contributed by atoms with Gasteiger partial charge in [-0.1, -0.05) is 24.4 Å². The van der Waals surface area contributed by atoms with E-state index in [1.807, 2.05) is 0 Å². The van der Waals surface area contributed by atoms with Crippen molar-refractivity contribution in [3.05, 3.63) is 34.4 Å². The monoisotopic (exact) mass is 262 g/mol. The number of hydrogen-bond acceptors (Lipinski definition) is 4. The van der Waals surface area contributed by atoms with Gasteiger partial charge < -0.3 is 4.84 Å². The molecule has 1 fully saturated rings. The second kappa shape index (κ2) is 6.87. The van der Waals surface area contributed by atoms with Crippen LogP contribution in [-0.4, -0.2) is 10.6 Å². The van der Waals surface area contributed by atoms with Crippen LogP contribution in [0.25, 0.3) is 0 Å². The van der Waals surface area contributed by atoms with Crippen molar-refractivity contribution < 1.29 is 9.76 Å². The van der Waals surface area contributed by atoms with Gasteiger partial charge in [0.2, 0.25) is 0 Å². The first kappa shape index (κ1) is 13.5. The number of nitro benzene ring substituents is 1. The van der Waals surface area contributed by atoms with Crippen molar-refractivity contribution in [2.24, 2.45) is 5.16 Å². The van der Waals surface area contributed by atoms with E-state index < -0.39 is 4.92 Å². The van der Waals surface area contributed by atoms with E-state index in [0.717, 1.165) is 18.6 Å². The molecule has 0 N–H and O–H groups in total. The van der Waals surface area contributed by atoms with Gasteiger partial charge in [-0.15, -0.1) is 0 Å². The summed E-state index contributed by atoms with van der Waals surface area (Å²) < 4.78 is 0. The van der Waals surface area contributed by atoms with Gasteiger partial charge in [0, 0.05) is 12.1 Å². The third-order valence-electron chi connectivity index (χ3n) is 3.26. The molecule has 1 aliphatic carbocycles. The second-order valence-electron chi connectivity index (χ2n) is 4.77. The SMILES string of the molecule is O=[N+]([O-])c1ccc(ON=C2CCCCCCC2)cc1. The van der Waals surface area contributed by atoms with E-state index in [1.165, 1.54) is 44.2 Å². The molecule has 5 heteroatoms. The lowest BCUT2D eigenvalue weighted by Gasteiger charge is -2.10. The summed E-state index contributed by atoms with van der Waals surface area (Å²) in [5.74, 6) is 0.542. The lowest BCUT2D eigenvalue weighted by atomic mass is 9.99. The fraction of sp³-hybridized carbons (Fsp3) is 0.500. The topological polar surface area (TPSA) is 64.7 Å². The largest absolute Gasteiger partial charge is 0.357 e. The Morgan fingerprint density at radius 1 is 1.00 bits per heavy atom. The summed E-state index contributed by atoms with van der Waals surface area (Å²) >= 11 is 0. The van der Waals surface area contributed by atoms with Gasteiger partial charge in [-0.2, -0.15) is 0 Å². The van der Waals surface area contributed by atoms with Gasteiger partial charge in [0.05, 0.1) is 10.6 Å². The highest BCUT2D eigenvalue weighted by molar-refractivity contribution is 5.84. The van der Waals surface area contributed by atoms with E-state index >= 15 is 0 Å². The van der Waals surface area contributed by atoms with Crippen LogP contribution in [0.1, 0.15) is 44.9 Å². The lowest BCUT2D eigenvalue weighted by molar-refractivity contribution is -0.384. The van der Waals surface area contributed by atoms with Crippen molar-refractivity contribution in [3.63, 3.8) is 0 Å². The van der Waals surface area contributed by atoms with E-state index in [0.29, 0.717) is 5.75 Å². The first-order valence-corrected chi connectivity index (χ1v) is 6.73. The van der Waals surface area contributed by atoms with E-state index in [1.54, 1.807) is 12.1 Å². The van der Waals surface area contributed by atoms with Crippen LogP contribution < -0.4 is 4.84 Å². The fourth-order valence-electron chi connectivity index (χ4n) is 2.15. The third kappa shape index (κ3) is 4.35. The minimum Gasteiger partial charge on any atom is -0.357 e. The van der Waals surface area contributed by atoms with E-state index in [-0.39, 0.29) is 5.69 Å². The Kier molecular flexibility index (Phi) is 4.89. The van der Waals surface area contributed by atoms with E-state index in [2.05, 4.69) is 5.16 Å². The molecule has 1 aromatic rings. The molecule has 1 saturated carbocycles. The van der Waals surface area contributed by atoms with Gasteiger partial charge in [0.15, 0.2) is 5.75 Å². The summed E-state index contributed by atoms with van der Waals surface area (Å²) in [5, 5.41) is 14.7. The van der Waals surface area contributed by atoms with Crippen molar-refractivity contribution in [2.45, 2.75) is 44.9 Å². The van der Waals surface area contributed by atoms with E-state index in [4.69, 9.17) is 4.84 Å². The Balaban J connectivity index is 1.94. The van der Waals surface area contributed by atoms with Crippen molar-refractivity contribution in [2.75, 3.05) is 0 Å². The average Bonchev–Trinajstić information content (AvgIpc) is 2.38. The molecule has 0 radical (unpaired) electrons. The molecule has 1 aromatic carbocycles. The maximum absolute atomic E-state index is 10.5. The van der Waals surface area contributed by atoms with Gasteiger partial charge in [0.1, 0.15) is 0 Å². The molecule has 0 amide bonds. The molecule has 5 nitrogen and oxygen atoms in total. The number of nitrogens with zero attached hydrogens (tertiary/aromatic N) is 2. The maximum Gasteiger partial charge on any atom is 0.269 e. The Hall–Kier alpha value is -1.91. The fourth-order valence-corrected chi connectivity index (χ4v) is 2.15. The first-order chi connectivity index (χ1) is 9.25. The minimum atomic E-state index is -0.426. The summed E-state index contributed by atoms with van der Waals surface area (Å²) in [4.78, 5) is 15.4. The quantitative estimate of drug-likeness (QED) is 0.609. The van der Waals surface area contributed by atoms with Crippen molar-refractivity contribution in [3.8, 4) is 5.75 Å². The van der Waals surface area contributed by atoms with Crippen LogP contribution in [0.4, 0.5) is 5.69 Å². The molecule has 0 unspecified atom stereocenters. The molecular weight excluding hydrogens is 244 g/mol. The molecule has 1 aliphatic rings. The minimum absolute atomic E-state index is 0.0611. The smallest absolute Gasteiger partial charge is 0.269 e. The van der Waals surface area contributed by atoms with Crippen LogP contribution >= 0.6 is 0 Å². The second-order valence-corrected chi connectivity index (χ2v) is 4.77. The van der Waals surface area contributed by atoms with Crippen LogP contribution in [0.3, 0.4) is 0 Å². The van der Waals surface area contributed by atoms with E-state index in [9.17, 15) is 10.1 Å². The van der Waals surface area contributed by atoms with Crippen LogP contribution in [0.2, 0.25) is 0 Å². The van der Waals surface area contributed by atoms with Crippen LogP contribution in [0.5, 0.6) is 5.75 Å². The number of hydrogen-bond donors (Lipinski definition) is 0.